The molecule has 3 N–H and O–H groups in total. The number of alkyl carbamates (subject to hydrolysis) is 1. The second kappa shape index (κ2) is 15.1. The number of carbonyl (C=O) groups excluding carboxylic acids is 3. The fourth-order valence-corrected chi connectivity index (χ4v) is 3.63. The van der Waals surface area contributed by atoms with E-state index >= 15 is 0 Å². The van der Waals surface area contributed by atoms with Crippen molar-refractivity contribution in [3.05, 3.63) is 35.4 Å². The number of aliphatic hydroxyl groups excluding tert-OH is 2. The number of Topliss-reactive ketones (excluding diaryl/α,β-unsaturated/α-hetero) is 1. The Balaban J connectivity index is 1.87. The first kappa shape index (κ1) is 29.9. The van der Waals surface area contributed by atoms with E-state index in [-0.39, 0.29) is 44.2 Å². The third-order valence-electron chi connectivity index (χ3n) is 5.64. The van der Waals surface area contributed by atoms with Crippen molar-refractivity contribution in [3.8, 4) is 5.75 Å². The van der Waals surface area contributed by atoms with Gasteiger partial charge in [-0.1, -0.05) is 19.1 Å². The van der Waals surface area contributed by atoms with Gasteiger partial charge in [-0.25, -0.2) is 9.59 Å². The molecule has 0 bridgehead atoms. The quantitative estimate of drug-likeness (QED) is 0.151. The number of esters is 1. The maximum absolute atomic E-state index is 12.3. The Morgan fingerprint density at radius 1 is 1.27 bits per heavy atom. The van der Waals surface area contributed by atoms with Gasteiger partial charge in [0.25, 0.3) is 6.21 Å². The van der Waals surface area contributed by atoms with E-state index in [1.807, 2.05) is 6.92 Å². The molecule has 12 heteroatoms. The predicted molar refractivity (Wildman–Crippen MR) is 129 cm³/mol. The second-order valence-electron chi connectivity index (χ2n) is 9.09. The molecule has 0 aromatic heterocycles. The summed E-state index contributed by atoms with van der Waals surface area (Å²) in [6.07, 6.45) is -1.98. The number of ether oxygens (including phenoxy) is 4. The van der Waals surface area contributed by atoms with Gasteiger partial charge in [-0.2, -0.15) is 4.79 Å². The minimum absolute atomic E-state index is 0.000806. The van der Waals surface area contributed by atoms with Gasteiger partial charge in [0, 0.05) is 12.8 Å². The third-order valence-corrected chi connectivity index (χ3v) is 5.64. The van der Waals surface area contributed by atoms with Crippen molar-refractivity contribution in [1.29, 1.82) is 0 Å². The van der Waals surface area contributed by atoms with Crippen LogP contribution in [0.5, 0.6) is 5.75 Å². The molecule has 1 heterocycles. The number of aliphatic hydroxyl groups is 2. The number of nitrogens with zero attached hydrogens (tertiary/aromatic N) is 2. The molecule has 1 aliphatic heterocycles. The molecule has 1 saturated heterocycles. The highest BCUT2D eigenvalue weighted by molar-refractivity contribution is 5.90. The van der Waals surface area contributed by atoms with Crippen LogP contribution in [-0.2, 0) is 30.4 Å². The Morgan fingerprint density at radius 3 is 2.59 bits per heavy atom. The van der Waals surface area contributed by atoms with E-state index in [4.69, 9.17) is 24.5 Å². The van der Waals surface area contributed by atoms with E-state index in [2.05, 4.69) is 10.1 Å². The summed E-state index contributed by atoms with van der Waals surface area (Å²) >= 11 is 0. The van der Waals surface area contributed by atoms with Crippen LogP contribution in [0.4, 0.5) is 4.79 Å². The molecule has 1 fully saturated rings. The number of benzene rings is 1. The van der Waals surface area contributed by atoms with Gasteiger partial charge in [0.15, 0.2) is 0 Å². The lowest BCUT2D eigenvalue weighted by molar-refractivity contribution is -0.213. The Hall–Kier alpha value is -3.31. The van der Waals surface area contributed by atoms with E-state index in [9.17, 15) is 24.6 Å². The average Bonchev–Trinajstić information content (AvgIpc) is 2.86. The molecule has 0 aliphatic carbocycles. The number of amides is 1. The van der Waals surface area contributed by atoms with Crippen LogP contribution < -0.4 is 10.1 Å². The van der Waals surface area contributed by atoms with Crippen LogP contribution in [0.2, 0.25) is 0 Å². The highest BCUT2D eigenvalue weighted by Crippen LogP contribution is 2.27. The zero-order chi connectivity index (χ0) is 27.4. The van der Waals surface area contributed by atoms with Crippen LogP contribution in [0, 0.1) is 5.92 Å². The van der Waals surface area contributed by atoms with Gasteiger partial charge in [-0.15, -0.1) is 0 Å². The van der Waals surface area contributed by atoms with Crippen molar-refractivity contribution in [2.75, 3.05) is 6.61 Å². The Morgan fingerprint density at radius 2 is 1.97 bits per heavy atom. The Bertz CT molecular complexity index is 947. The highest BCUT2D eigenvalue weighted by Gasteiger charge is 2.35. The van der Waals surface area contributed by atoms with Crippen molar-refractivity contribution >= 4 is 24.1 Å². The maximum atomic E-state index is 12.3. The lowest BCUT2D eigenvalue weighted by Gasteiger charge is -2.37. The molecule has 1 aromatic rings. The molecule has 204 valence electrons. The predicted octanol–water partition coefficient (Wildman–Crippen LogP) is 1.76. The van der Waals surface area contributed by atoms with E-state index in [0.29, 0.717) is 17.7 Å². The molecule has 37 heavy (non-hydrogen) atoms. The summed E-state index contributed by atoms with van der Waals surface area (Å²) in [5, 5.41) is 21.8. The number of ketones is 1. The molecule has 1 aliphatic rings. The van der Waals surface area contributed by atoms with Crippen LogP contribution in [-0.4, -0.2) is 76.3 Å². The lowest BCUT2D eigenvalue weighted by atomic mass is 9.93. The van der Waals surface area contributed by atoms with E-state index in [1.165, 1.54) is 0 Å². The zero-order valence-electron chi connectivity index (χ0n) is 21.2. The number of carbonyl (C=O) groups is 3. The van der Waals surface area contributed by atoms with Gasteiger partial charge in [-0.3, -0.25) is 4.79 Å². The van der Waals surface area contributed by atoms with Crippen molar-refractivity contribution < 1.29 is 48.3 Å². The first-order chi connectivity index (χ1) is 17.6. The van der Waals surface area contributed by atoms with Gasteiger partial charge in [0.1, 0.15) is 36.7 Å². The monoisotopic (exact) mass is 521 g/mol. The second-order valence-corrected chi connectivity index (χ2v) is 9.09. The van der Waals surface area contributed by atoms with Crippen LogP contribution in [0.3, 0.4) is 0 Å². The normalized spacial score (nSPS) is 21.9. The Kier molecular flexibility index (Phi) is 12.2. The molecule has 1 amide bonds. The van der Waals surface area contributed by atoms with Gasteiger partial charge >= 0.3 is 12.1 Å². The summed E-state index contributed by atoms with van der Waals surface area (Å²) in [6.45, 7) is 4.79. The van der Waals surface area contributed by atoms with Crippen molar-refractivity contribution in [3.63, 3.8) is 0 Å². The minimum Gasteiger partial charge on any atom is -0.465 e. The molecule has 0 spiro atoms. The minimum atomic E-state index is -1.08. The summed E-state index contributed by atoms with van der Waals surface area (Å²) in [6, 6.07) is 5.65. The Labute approximate surface area is 215 Å². The van der Waals surface area contributed by atoms with Gasteiger partial charge in [0.05, 0.1) is 18.8 Å². The van der Waals surface area contributed by atoms with Crippen LogP contribution in [0.25, 0.3) is 5.53 Å². The summed E-state index contributed by atoms with van der Waals surface area (Å²) < 4.78 is 21.8. The molecule has 5 atom stereocenters. The fourth-order valence-electron chi connectivity index (χ4n) is 3.63. The lowest BCUT2D eigenvalue weighted by Crippen LogP contribution is -2.47. The molecular formula is C25H35N3O9. The van der Waals surface area contributed by atoms with Crippen LogP contribution >= 0.6 is 0 Å². The van der Waals surface area contributed by atoms with E-state index < -0.39 is 42.7 Å². The average molecular weight is 522 g/mol. The molecule has 0 saturated carbocycles. The van der Waals surface area contributed by atoms with Crippen LogP contribution in [0.15, 0.2) is 24.3 Å². The first-order valence-electron chi connectivity index (χ1n) is 12.1. The SMILES string of the molecule is CC(C)OC(=O)[C@H](CCC(=O)CC=[N+]=[N-])NC(=O)OCc1ccc(O[C@@H]2C[C@@H](C)[C@@H](O)[C@@H](CO)O2)cc1. The van der Waals surface area contributed by atoms with E-state index in [1.54, 1.807) is 38.1 Å². The molecule has 0 radical (unpaired) electrons. The van der Waals surface area contributed by atoms with Crippen molar-refractivity contribution in [2.45, 2.75) is 83.7 Å². The van der Waals surface area contributed by atoms with Crippen molar-refractivity contribution in [2.24, 2.45) is 5.92 Å². The van der Waals surface area contributed by atoms with E-state index in [0.717, 1.165) is 6.21 Å². The number of rotatable bonds is 13. The molecule has 1 aromatic carbocycles. The van der Waals surface area contributed by atoms with Gasteiger partial charge in [0.2, 0.25) is 6.29 Å². The standard InChI is InChI=1S/C25H35N3O9/c1-15(2)35-24(32)20(9-6-18(30)10-11-27-26)28-25(33)34-14-17-4-7-19(8-5-17)36-22-12-16(3)23(31)21(13-29)37-22/h4-5,7-8,11,15-16,20-23,29,31H,6,9-10,12-14H2,1-3H3,(H,28,33)/t16-,20+,21-,22+,23-/m1/s1. The van der Waals surface area contributed by atoms with Crippen LogP contribution in [0.1, 0.15) is 52.0 Å². The molecule has 2 rings (SSSR count). The highest BCUT2D eigenvalue weighted by atomic mass is 16.7. The van der Waals surface area contributed by atoms with Gasteiger partial charge in [-0.05, 0) is 43.9 Å². The fraction of sp³-hybridized carbons (Fsp3) is 0.600. The largest absolute Gasteiger partial charge is 0.465 e. The molecule has 0 unspecified atom stereocenters. The number of nitrogens with one attached hydrogen (secondary N) is 1. The molecular weight excluding hydrogens is 486 g/mol. The zero-order valence-corrected chi connectivity index (χ0v) is 21.2. The third kappa shape index (κ3) is 10.3. The summed E-state index contributed by atoms with van der Waals surface area (Å²) in [5.41, 5.74) is 9.07. The summed E-state index contributed by atoms with van der Waals surface area (Å²) in [4.78, 5) is 39.3. The smallest absolute Gasteiger partial charge is 0.408 e. The maximum Gasteiger partial charge on any atom is 0.408 e. The molecule has 12 nitrogen and oxygen atoms in total. The van der Waals surface area contributed by atoms with Gasteiger partial charge < -0.3 is 40.0 Å². The van der Waals surface area contributed by atoms with Crippen molar-refractivity contribution in [1.82, 2.24) is 5.32 Å². The summed E-state index contributed by atoms with van der Waals surface area (Å²) in [7, 11) is 0. The first-order valence-corrected chi connectivity index (χ1v) is 12.1. The topological polar surface area (TPSA) is 177 Å². The number of hydrogen-bond donors (Lipinski definition) is 3. The number of hydrogen-bond acceptors (Lipinski definition) is 9. The summed E-state index contributed by atoms with van der Waals surface area (Å²) in [5.74, 6) is -0.553.